The Kier molecular flexibility index (Phi) is 7.35. The minimum absolute atomic E-state index is 0.0800. The molecule has 0 fully saturated rings. The van der Waals surface area contributed by atoms with Crippen LogP contribution < -0.4 is 15.5 Å². The van der Waals surface area contributed by atoms with Gasteiger partial charge in [0.15, 0.2) is 13.1 Å². The molecule has 2 rings (SSSR count). The predicted octanol–water partition coefficient (Wildman–Crippen LogP) is 2.64. The van der Waals surface area contributed by atoms with Gasteiger partial charge < -0.3 is 15.5 Å². The van der Waals surface area contributed by atoms with E-state index in [-0.39, 0.29) is 30.3 Å². The van der Waals surface area contributed by atoms with E-state index in [9.17, 15) is 9.59 Å². The van der Waals surface area contributed by atoms with Crippen LogP contribution in [0.2, 0.25) is 0 Å². The monoisotopic (exact) mass is 382 g/mol. The van der Waals surface area contributed by atoms with Crippen LogP contribution in [0, 0.1) is 0 Å². The summed E-state index contributed by atoms with van der Waals surface area (Å²) in [6.07, 6.45) is 0.857. The lowest BCUT2D eigenvalue weighted by Gasteiger charge is -2.19. The maximum atomic E-state index is 12.3. The van der Waals surface area contributed by atoms with Gasteiger partial charge in [-0.25, -0.2) is 0 Å². The average Bonchev–Trinajstić information content (AvgIpc) is 2.61. The Hall–Kier alpha value is -2.66. The van der Waals surface area contributed by atoms with Crippen LogP contribution in [0.15, 0.2) is 48.5 Å². The third-order valence-corrected chi connectivity index (χ3v) is 4.63. The first kappa shape index (κ1) is 21.6. The molecule has 0 bridgehead atoms. The van der Waals surface area contributed by atoms with Gasteiger partial charge in [-0.1, -0.05) is 58.0 Å². The standard InChI is InChI=1S/C23H31N3O2/c1-6-17-9-7-8-10-20(17)25-22(28)16-26(5)15-21(27)24-19-13-11-18(12-14-19)23(2,3)4/h7-14H,6,15-16H2,1-5H3,(H,24,27)(H,25,28)/p+1. The van der Waals surface area contributed by atoms with Crippen molar-refractivity contribution in [2.45, 2.75) is 39.5 Å². The predicted molar refractivity (Wildman–Crippen MR) is 115 cm³/mol. The third kappa shape index (κ3) is 6.50. The normalized spacial score (nSPS) is 12.3. The highest BCUT2D eigenvalue weighted by molar-refractivity contribution is 5.93. The molecule has 0 aliphatic carbocycles. The second kappa shape index (κ2) is 9.51. The summed E-state index contributed by atoms with van der Waals surface area (Å²) in [5, 5.41) is 5.85. The second-order valence-corrected chi connectivity index (χ2v) is 8.25. The maximum absolute atomic E-state index is 12.3. The van der Waals surface area contributed by atoms with Crippen LogP contribution in [0.25, 0.3) is 0 Å². The van der Waals surface area contributed by atoms with E-state index in [1.807, 2.05) is 55.6 Å². The van der Waals surface area contributed by atoms with Crippen molar-refractivity contribution in [3.63, 3.8) is 0 Å². The number of aryl methyl sites for hydroxylation is 1. The highest BCUT2D eigenvalue weighted by Gasteiger charge is 2.16. The summed E-state index contributed by atoms with van der Waals surface area (Å²) in [4.78, 5) is 25.4. The lowest BCUT2D eigenvalue weighted by molar-refractivity contribution is -0.862. The average molecular weight is 383 g/mol. The molecule has 1 unspecified atom stereocenters. The molecule has 0 saturated carbocycles. The number of benzene rings is 2. The molecule has 5 nitrogen and oxygen atoms in total. The van der Waals surface area contributed by atoms with Crippen LogP contribution in [0.3, 0.4) is 0 Å². The summed E-state index contributed by atoms with van der Waals surface area (Å²) in [6, 6.07) is 15.7. The molecular formula is C23H32N3O2+. The number of nitrogens with one attached hydrogen (secondary N) is 3. The molecule has 5 heteroatoms. The lowest BCUT2D eigenvalue weighted by atomic mass is 9.87. The molecule has 28 heavy (non-hydrogen) atoms. The van der Waals surface area contributed by atoms with E-state index < -0.39 is 0 Å². The van der Waals surface area contributed by atoms with Crippen LogP contribution in [0.1, 0.15) is 38.8 Å². The van der Waals surface area contributed by atoms with Crippen LogP contribution in [0.5, 0.6) is 0 Å². The zero-order valence-electron chi connectivity index (χ0n) is 17.6. The van der Waals surface area contributed by atoms with Gasteiger partial charge in [0.1, 0.15) is 0 Å². The number of carbonyl (C=O) groups excluding carboxylic acids is 2. The number of hydrogen-bond donors (Lipinski definition) is 3. The third-order valence-electron chi connectivity index (χ3n) is 4.63. The Balaban J connectivity index is 1.84. The fourth-order valence-corrected chi connectivity index (χ4v) is 3.01. The molecule has 2 aromatic rings. The summed E-state index contributed by atoms with van der Waals surface area (Å²) in [5.74, 6) is -0.205. The lowest BCUT2D eigenvalue weighted by Crippen LogP contribution is -3.11. The minimum atomic E-state index is -0.109. The van der Waals surface area contributed by atoms with Gasteiger partial charge in [-0.2, -0.15) is 0 Å². The van der Waals surface area contributed by atoms with Gasteiger partial charge in [0.05, 0.1) is 7.05 Å². The number of carbonyl (C=O) groups is 2. The number of para-hydroxylation sites is 1. The Morgan fingerprint density at radius 3 is 2.04 bits per heavy atom. The van der Waals surface area contributed by atoms with Gasteiger partial charge in [-0.05, 0) is 41.2 Å². The van der Waals surface area contributed by atoms with Gasteiger partial charge in [0, 0.05) is 11.4 Å². The molecule has 0 aliphatic heterocycles. The minimum Gasteiger partial charge on any atom is -0.322 e. The van der Waals surface area contributed by atoms with E-state index >= 15 is 0 Å². The first-order valence-electron chi connectivity index (χ1n) is 9.78. The number of hydrogen-bond acceptors (Lipinski definition) is 2. The van der Waals surface area contributed by atoms with E-state index in [0.29, 0.717) is 0 Å². The van der Waals surface area contributed by atoms with Crippen molar-refractivity contribution in [1.29, 1.82) is 0 Å². The fraction of sp³-hybridized carbons (Fsp3) is 0.391. The molecule has 0 radical (unpaired) electrons. The molecule has 0 saturated heterocycles. The molecule has 0 aromatic heterocycles. The summed E-state index contributed by atoms with van der Waals surface area (Å²) in [6.45, 7) is 8.98. The highest BCUT2D eigenvalue weighted by atomic mass is 16.2. The van der Waals surface area contributed by atoms with Crippen molar-refractivity contribution in [3.05, 3.63) is 59.7 Å². The van der Waals surface area contributed by atoms with Crippen molar-refractivity contribution in [1.82, 2.24) is 0 Å². The number of anilines is 2. The second-order valence-electron chi connectivity index (χ2n) is 8.25. The van der Waals surface area contributed by atoms with Crippen molar-refractivity contribution in [2.24, 2.45) is 0 Å². The van der Waals surface area contributed by atoms with Crippen molar-refractivity contribution in [3.8, 4) is 0 Å². The molecule has 2 amide bonds. The van der Waals surface area contributed by atoms with Crippen LogP contribution >= 0.6 is 0 Å². The van der Waals surface area contributed by atoms with Crippen molar-refractivity contribution >= 4 is 23.2 Å². The van der Waals surface area contributed by atoms with E-state index in [1.54, 1.807) is 0 Å². The maximum Gasteiger partial charge on any atom is 0.279 e. The zero-order valence-corrected chi connectivity index (χ0v) is 17.6. The van der Waals surface area contributed by atoms with Gasteiger partial charge in [-0.3, -0.25) is 9.59 Å². The molecule has 0 aliphatic rings. The number of likely N-dealkylation sites (N-methyl/N-ethyl adjacent to an activating group) is 1. The molecular weight excluding hydrogens is 350 g/mol. The van der Waals surface area contributed by atoms with Gasteiger partial charge in [-0.15, -0.1) is 0 Å². The molecule has 2 aromatic carbocycles. The Morgan fingerprint density at radius 2 is 1.46 bits per heavy atom. The topological polar surface area (TPSA) is 62.6 Å². The molecule has 0 heterocycles. The quantitative estimate of drug-likeness (QED) is 0.689. The Bertz CT molecular complexity index is 807. The summed E-state index contributed by atoms with van der Waals surface area (Å²) < 4.78 is 0. The smallest absolute Gasteiger partial charge is 0.279 e. The first-order valence-corrected chi connectivity index (χ1v) is 9.78. The van der Waals surface area contributed by atoms with E-state index in [0.717, 1.165) is 28.3 Å². The molecule has 3 N–H and O–H groups in total. The van der Waals surface area contributed by atoms with Gasteiger partial charge >= 0.3 is 0 Å². The van der Waals surface area contributed by atoms with Crippen LogP contribution in [-0.4, -0.2) is 32.0 Å². The van der Waals surface area contributed by atoms with Gasteiger partial charge in [0.25, 0.3) is 11.8 Å². The number of amides is 2. The Morgan fingerprint density at radius 1 is 0.893 bits per heavy atom. The van der Waals surface area contributed by atoms with Crippen LogP contribution in [-0.2, 0) is 21.4 Å². The van der Waals surface area contributed by atoms with Crippen molar-refractivity contribution < 1.29 is 14.5 Å². The number of quaternary nitrogens is 1. The SMILES string of the molecule is CCc1ccccc1NC(=O)C[NH+](C)CC(=O)Nc1ccc(C(C)(C)C)cc1. The van der Waals surface area contributed by atoms with E-state index in [2.05, 4.69) is 38.3 Å². The Labute approximate surface area is 168 Å². The largest absolute Gasteiger partial charge is 0.322 e. The summed E-state index contributed by atoms with van der Waals surface area (Å²) in [7, 11) is 1.84. The van der Waals surface area contributed by atoms with Crippen molar-refractivity contribution in [2.75, 3.05) is 30.8 Å². The highest BCUT2D eigenvalue weighted by Crippen LogP contribution is 2.23. The molecule has 0 spiro atoms. The summed E-state index contributed by atoms with van der Waals surface area (Å²) in [5.41, 5.74) is 4.01. The summed E-state index contributed by atoms with van der Waals surface area (Å²) >= 11 is 0. The van der Waals surface area contributed by atoms with E-state index in [4.69, 9.17) is 0 Å². The number of rotatable bonds is 7. The molecule has 1 atom stereocenters. The zero-order chi connectivity index (χ0) is 20.7. The first-order chi connectivity index (χ1) is 13.2. The molecule has 150 valence electrons. The van der Waals surface area contributed by atoms with Crippen LogP contribution in [0.4, 0.5) is 11.4 Å². The van der Waals surface area contributed by atoms with E-state index in [1.165, 1.54) is 5.56 Å². The fourth-order valence-electron chi connectivity index (χ4n) is 3.01. The van der Waals surface area contributed by atoms with Gasteiger partial charge in [0.2, 0.25) is 0 Å².